The Morgan fingerprint density at radius 1 is 1.11 bits per heavy atom. The largest absolute Gasteiger partial charge is 0.465 e. The maximum Gasteiger partial charge on any atom is 0.313 e. The molecule has 1 unspecified atom stereocenters. The normalized spacial score (nSPS) is 35.1. The molecule has 0 radical (unpaired) electrons. The molecule has 6 atom stereocenters. The number of esters is 1. The van der Waals surface area contributed by atoms with E-state index in [-0.39, 0.29) is 25.0 Å². The van der Waals surface area contributed by atoms with Crippen molar-refractivity contribution in [1.29, 1.82) is 0 Å². The number of carbonyl (C=O) groups is 3. The zero-order chi connectivity index (χ0) is 25.1. The number of fused-ring (bicyclic) bond motifs is 2. The maximum absolute atomic E-state index is 14.3. The van der Waals surface area contributed by atoms with Gasteiger partial charge in [0.25, 0.3) is 5.91 Å². The molecule has 1 spiro atoms. The highest BCUT2D eigenvalue weighted by Crippen LogP contribution is 2.57. The summed E-state index contributed by atoms with van der Waals surface area (Å²) in [6, 6.07) is 4.24. The van der Waals surface area contributed by atoms with Gasteiger partial charge in [-0.3, -0.25) is 14.4 Å². The summed E-state index contributed by atoms with van der Waals surface area (Å²) in [6.45, 7) is 7.60. The molecule has 35 heavy (non-hydrogen) atoms. The smallest absolute Gasteiger partial charge is 0.313 e. The van der Waals surface area contributed by atoms with Gasteiger partial charge in [-0.05, 0) is 51.3 Å². The van der Waals surface area contributed by atoms with E-state index in [1.165, 1.54) is 4.90 Å². The third-order valence-electron chi connectivity index (χ3n) is 7.85. The van der Waals surface area contributed by atoms with Crippen molar-refractivity contribution >= 4 is 23.5 Å². The fourth-order valence-corrected chi connectivity index (χ4v) is 6.22. The summed E-state index contributed by atoms with van der Waals surface area (Å²) in [5.41, 5.74) is 0.237. The number of aliphatic hydroxyl groups is 1. The number of aryl methyl sites for hydroxylation is 2. The molecular weight excluding hydrogens is 448 g/mol. The highest BCUT2D eigenvalue weighted by molar-refractivity contribution is 6.06. The highest BCUT2D eigenvalue weighted by Gasteiger charge is 2.75. The van der Waals surface area contributed by atoms with E-state index in [1.54, 1.807) is 24.8 Å². The average Bonchev–Trinajstić information content (AvgIpc) is 3.14. The monoisotopic (exact) mass is 480 g/mol. The molecule has 0 saturated carbocycles. The van der Waals surface area contributed by atoms with Crippen LogP contribution in [-0.2, 0) is 23.9 Å². The summed E-state index contributed by atoms with van der Waals surface area (Å²) in [5, 5.41) is 10.0. The minimum absolute atomic E-state index is 0.227. The van der Waals surface area contributed by atoms with Crippen LogP contribution in [0.5, 0.6) is 0 Å². The highest BCUT2D eigenvalue weighted by atomic mass is 16.6. The Bertz CT molecular complexity index is 1140. The summed E-state index contributed by atoms with van der Waals surface area (Å²) < 4.78 is 12.2. The lowest BCUT2D eigenvalue weighted by molar-refractivity contribution is -0.160. The minimum Gasteiger partial charge on any atom is -0.465 e. The first kappa shape index (κ1) is 23.8. The number of hydrogen-bond acceptors (Lipinski definition) is 6. The molecule has 5 rings (SSSR count). The number of benzene rings is 1. The molecule has 4 heterocycles. The van der Waals surface area contributed by atoms with E-state index in [0.717, 1.165) is 16.8 Å². The van der Waals surface area contributed by atoms with Gasteiger partial charge >= 0.3 is 5.97 Å². The van der Waals surface area contributed by atoms with Crippen molar-refractivity contribution in [2.45, 2.75) is 57.4 Å². The van der Waals surface area contributed by atoms with Crippen molar-refractivity contribution < 1.29 is 29.0 Å². The third-order valence-corrected chi connectivity index (χ3v) is 7.85. The number of rotatable bonds is 3. The predicted molar refractivity (Wildman–Crippen MR) is 129 cm³/mol. The van der Waals surface area contributed by atoms with Crippen LogP contribution in [0.25, 0.3) is 0 Å². The molecule has 1 aromatic rings. The standard InChI is InChI=1S/C27H32N2O6/c1-16-8-9-17(2)19(14-16)28-12-7-11-27-20(23(31)29(18(3)15-30)22(27)24(28)32)21-25(33)34-13-6-5-10-26(21,4)35-27/h5,7-11,14,18,20-22,30H,6,12-13,15H2,1-4H3/t18-,20+,21-,22?,26+,27+/m1/s1. The molecule has 8 nitrogen and oxygen atoms in total. The van der Waals surface area contributed by atoms with Gasteiger partial charge in [0, 0.05) is 12.2 Å². The number of nitrogens with zero attached hydrogens (tertiary/aromatic N) is 2. The summed E-state index contributed by atoms with van der Waals surface area (Å²) in [5.74, 6) is -3.02. The predicted octanol–water partition coefficient (Wildman–Crippen LogP) is 2.06. The molecule has 8 heteroatoms. The Morgan fingerprint density at radius 2 is 1.89 bits per heavy atom. The summed E-state index contributed by atoms with van der Waals surface area (Å²) in [7, 11) is 0. The third kappa shape index (κ3) is 3.37. The topological polar surface area (TPSA) is 96.4 Å². The van der Waals surface area contributed by atoms with Gasteiger partial charge in [-0.1, -0.05) is 36.4 Å². The van der Waals surface area contributed by atoms with Crippen molar-refractivity contribution in [2.24, 2.45) is 11.8 Å². The Balaban J connectivity index is 1.69. The van der Waals surface area contributed by atoms with Gasteiger partial charge in [0.1, 0.15) is 17.6 Å². The molecule has 0 aromatic heterocycles. The fraction of sp³-hybridized carbons (Fsp3) is 0.519. The lowest BCUT2D eigenvalue weighted by atomic mass is 9.74. The molecule has 4 aliphatic heterocycles. The Hall–Kier alpha value is -2.97. The van der Waals surface area contributed by atoms with Crippen molar-refractivity contribution in [3.05, 3.63) is 53.6 Å². The van der Waals surface area contributed by atoms with E-state index < -0.39 is 41.1 Å². The number of amides is 2. The Labute approximate surface area is 205 Å². The first-order chi connectivity index (χ1) is 16.6. The van der Waals surface area contributed by atoms with E-state index in [2.05, 4.69) is 0 Å². The van der Waals surface area contributed by atoms with Crippen LogP contribution in [0.4, 0.5) is 5.69 Å². The van der Waals surface area contributed by atoms with E-state index in [9.17, 15) is 19.5 Å². The zero-order valence-electron chi connectivity index (χ0n) is 20.6. The first-order valence-corrected chi connectivity index (χ1v) is 12.2. The summed E-state index contributed by atoms with van der Waals surface area (Å²) >= 11 is 0. The van der Waals surface area contributed by atoms with Gasteiger partial charge in [-0.2, -0.15) is 0 Å². The first-order valence-electron chi connectivity index (χ1n) is 12.2. The number of aliphatic hydroxyl groups excluding tert-OH is 1. The van der Waals surface area contributed by atoms with Gasteiger partial charge in [-0.25, -0.2) is 0 Å². The van der Waals surface area contributed by atoms with Crippen LogP contribution in [0.3, 0.4) is 0 Å². The van der Waals surface area contributed by atoms with Gasteiger partial charge in [0.05, 0.1) is 30.8 Å². The minimum atomic E-state index is -1.36. The number of anilines is 1. The molecule has 0 bridgehead atoms. The molecule has 4 aliphatic rings. The molecule has 1 aromatic carbocycles. The molecule has 2 fully saturated rings. The number of carbonyl (C=O) groups excluding carboxylic acids is 3. The van der Waals surface area contributed by atoms with Gasteiger partial charge in [0.2, 0.25) is 5.91 Å². The van der Waals surface area contributed by atoms with Crippen LogP contribution in [0.15, 0.2) is 42.5 Å². The molecule has 2 saturated heterocycles. The number of hydrogen-bond donors (Lipinski definition) is 1. The fourth-order valence-electron chi connectivity index (χ4n) is 6.22. The molecule has 0 aliphatic carbocycles. The lowest BCUT2D eigenvalue weighted by Gasteiger charge is -2.39. The number of ether oxygens (including phenoxy) is 2. The molecule has 186 valence electrons. The Kier molecular flexibility index (Phi) is 5.64. The zero-order valence-corrected chi connectivity index (χ0v) is 20.6. The van der Waals surface area contributed by atoms with E-state index in [0.29, 0.717) is 13.0 Å². The van der Waals surface area contributed by atoms with E-state index in [1.807, 2.05) is 50.3 Å². The van der Waals surface area contributed by atoms with Gasteiger partial charge in [0.15, 0.2) is 0 Å². The van der Waals surface area contributed by atoms with E-state index in [4.69, 9.17) is 9.47 Å². The van der Waals surface area contributed by atoms with Crippen molar-refractivity contribution in [3.8, 4) is 0 Å². The van der Waals surface area contributed by atoms with E-state index >= 15 is 0 Å². The average molecular weight is 481 g/mol. The molecule has 2 amide bonds. The SMILES string of the molecule is Cc1ccc(C)c(N2CC=C[C@]34O[C@@]5(C)C=CCCOC(=O)[C@H]5[C@H]3C(=O)N([C@H](C)CO)C4C2=O)c1. The lowest BCUT2D eigenvalue weighted by Crippen LogP contribution is -2.58. The van der Waals surface area contributed by atoms with Crippen LogP contribution in [0.2, 0.25) is 0 Å². The second-order valence-electron chi connectivity index (χ2n) is 10.3. The molecule has 1 N–H and O–H groups in total. The number of cyclic esters (lactones) is 1. The molecular formula is C27H32N2O6. The van der Waals surface area contributed by atoms with Crippen molar-refractivity contribution in [3.63, 3.8) is 0 Å². The van der Waals surface area contributed by atoms with Crippen LogP contribution < -0.4 is 4.90 Å². The van der Waals surface area contributed by atoms with Crippen molar-refractivity contribution in [2.75, 3.05) is 24.7 Å². The van der Waals surface area contributed by atoms with Crippen LogP contribution in [0.1, 0.15) is 31.4 Å². The second-order valence-corrected chi connectivity index (χ2v) is 10.3. The van der Waals surface area contributed by atoms with Crippen LogP contribution >= 0.6 is 0 Å². The van der Waals surface area contributed by atoms with Crippen LogP contribution in [-0.4, -0.2) is 70.8 Å². The summed E-state index contributed by atoms with van der Waals surface area (Å²) in [6.07, 6.45) is 7.93. The maximum atomic E-state index is 14.3. The van der Waals surface area contributed by atoms with Gasteiger partial charge < -0.3 is 24.4 Å². The van der Waals surface area contributed by atoms with Crippen LogP contribution in [0, 0.1) is 25.7 Å². The quantitative estimate of drug-likeness (QED) is 0.526. The van der Waals surface area contributed by atoms with Gasteiger partial charge in [-0.15, -0.1) is 0 Å². The number of likely N-dealkylation sites (tertiary alicyclic amines) is 1. The summed E-state index contributed by atoms with van der Waals surface area (Å²) in [4.78, 5) is 44.7. The second kappa shape index (κ2) is 8.31. The Morgan fingerprint density at radius 3 is 2.63 bits per heavy atom. The van der Waals surface area contributed by atoms with Crippen molar-refractivity contribution in [1.82, 2.24) is 4.90 Å².